The van der Waals surface area contributed by atoms with Gasteiger partial charge in [-0.1, -0.05) is 17.7 Å². The Kier molecular flexibility index (Phi) is 1.74. The molecule has 1 heterocycles. The molecule has 4 heteroatoms. The van der Waals surface area contributed by atoms with Gasteiger partial charge in [-0.25, -0.2) is 0 Å². The molecule has 0 aliphatic rings. The molecule has 0 saturated carbocycles. The van der Waals surface area contributed by atoms with E-state index in [1.54, 1.807) is 12.1 Å². The van der Waals surface area contributed by atoms with Crippen molar-refractivity contribution in [1.82, 2.24) is 4.98 Å². The Bertz CT molecular complexity index is 510. The molecule has 0 fully saturated rings. The zero-order valence-corrected chi connectivity index (χ0v) is 7.30. The molecule has 0 aliphatic heterocycles. The fourth-order valence-corrected chi connectivity index (χ4v) is 1.51. The highest BCUT2D eigenvalue weighted by atomic mass is 35.5. The number of nitrogens with one attached hydrogen (secondary N) is 1. The highest BCUT2D eigenvalue weighted by molar-refractivity contribution is 6.35. The molecule has 1 aromatic carbocycles. The van der Waals surface area contributed by atoms with Crippen LogP contribution in [-0.4, -0.2) is 10.1 Å². The number of rotatable bonds is 0. The van der Waals surface area contributed by atoms with Crippen LogP contribution in [-0.2, 0) is 0 Å². The monoisotopic (exact) mass is 195 g/mol. The van der Waals surface area contributed by atoms with Gasteiger partial charge in [0.1, 0.15) is 5.75 Å². The number of hydrogen-bond donors (Lipinski definition) is 2. The van der Waals surface area contributed by atoms with Gasteiger partial charge in [0.05, 0.1) is 10.4 Å². The molecule has 0 aliphatic carbocycles. The van der Waals surface area contributed by atoms with Crippen molar-refractivity contribution in [1.29, 1.82) is 0 Å². The quantitative estimate of drug-likeness (QED) is 0.675. The Morgan fingerprint density at radius 2 is 2.15 bits per heavy atom. The summed E-state index contributed by atoms with van der Waals surface area (Å²) in [6, 6.07) is 4.71. The Morgan fingerprint density at radius 3 is 2.85 bits per heavy atom. The molecule has 0 saturated heterocycles. The van der Waals surface area contributed by atoms with E-state index in [0.717, 1.165) is 0 Å². The lowest BCUT2D eigenvalue weighted by molar-refractivity contribution is 0.481. The van der Waals surface area contributed by atoms with Crippen LogP contribution in [0, 0.1) is 0 Å². The van der Waals surface area contributed by atoms with Gasteiger partial charge in [0, 0.05) is 11.6 Å². The average Bonchev–Trinajstić information content (AvgIpc) is 2.12. The summed E-state index contributed by atoms with van der Waals surface area (Å²) >= 11 is 5.80. The Morgan fingerprint density at radius 1 is 1.38 bits per heavy atom. The highest BCUT2D eigenvalue weighted by Gasteiger charge is 2.05. The molecule has 2 N–H and O–H groups in total. The minimum Gasteiger partial charge on any atom is -0.507 e. The number of aromatic amines is 1. The molecular formula is C9H6ClNO2. The maximum Gasteiger partial charge on any atom is 0.256 e. The van der Waals surface area contributed by atoms with Gasteiger partial charge in [0.2, 0.25) is 0 Å². The van der Waals surface area contributed by atoms with E-state index in [0.29, 0.717) is 15.8 Å². The van der Waals surface area contributed by atoms with Crippen LogP contribution in [0.25, 0.3) is 10.8 Å². The number of H-pyrrole nitrogens is 1. The molecule has 66 valence electrons. The van der Waals surface area contributed by atoms with Gasteiger partial charge in [0.25, 0.3) is 5.56 Å². The number of halogens is 1. The van der Waals surface area contributed by atoms with Crippen LogP contribution in [0.3, 0.4) is 0 Å². The average molecular weight is 196 g/mol. The standard InChI is InChI=1S/C9H6ClNO2/c10-6-4-11-9(13)5-2-1-3-7(12)8(5)6/h1-4,12H,(H,11,13). The van der Waals surface area contributed by atoms with Crippen LogP contribution in [0.5, 0.6) is 5.75 Å². The summed E-state index contributed by atoms with van der Waals surface area (Å²) in [6.07, 6.45) is 1.37. The second kappa shape index (κ2) is 2.78. The van der Waals surface area contributed by atoms with Gasteiger partial charge in [-0.2, -0.15) is 0 Å². The Hall–Kier alpha value is -1.48. The maximum atomic E-state index is 11.3. The van der Waals surface area contributed by atoms with Crippen LogP contribution in [0.1, 0.15) is 0 Å². The van der Waals surface area contributed by atoms with Crippen molar-refractivity contribution in [2.75, 3.05) is 0 Å². The van der Waals surface area contributed by atoms with Crippen molar-refractivity contribution in [3.05, 3.63) is 39.8 Å². The minimum atomic E-state index is -0.254. The first-order valence-electron chi connectivity index (χ1n) is 3.69. The van der Waals surface area contributed by atoms with Crippen molar-refractivity contribution in [3.63, 3.8) is 0 Å². The molecule has 0 spiro atoms. The third-order valence-corrected chi connectivity index (χ3v) is 2.15. The van der Waals surface area contributed by atoms with Crippen molar-refractivity contribution >= 4 is 22.4 Å². The van der Waals surface area contributed by atoms with E-state index in [9.17, 15) is 9.90 Å². The van der Waals surface area contributed by atoms with Gasteiger partial charge in [-0.15, -0.1) is 0 Å². The lowest BCUT2D eigenvalue weighted by Crippen LogP contribution is -2.04. The smallest absolute Gasteiger partial charge is 0.256 e. The van der Waals surface area contributed by atoms with Crippen molar-refractivity contribution in [2.24, 2.45) is 0 Å². The van der Waals surface area contributed by atoms with E-state index in [-0.39, 0.29) is 11.3 Å². The fraction of sp³-hybridized carbons (Fsp3) is 0. The van der Waals surface area contributed by atoms with Crippen molar-refractivity contribution in [2.45, 2.75) is 0 Å². The predicted octanol–water partition coefficient (Wildman–Crippen LogP) is 1.89. The molecule has 0 amide bonds. The van der Waals surface area contributed by atoms with E-state index in [1.165, 1.54) is 12.3 Å². The zero-order chi connectivity index (χ0) is 9.42. The van der Waals surface area contributed by atoms with Gasteiger partial charge in [0.15, 0.2) is 0 Å². The SMILES string of the molecule is O=c1[nH]cc(Cl)c2c(O)cccc12. The summed E-state index contributed by atoms with van der Waals surface area (Å²) in [5.41, 5.74) is -0.254. The first kappa shape index (κ1) is 8.13. The molecule has 0 unspecified atom stereocenters. The summed E-state index contributed by atoms with van der Waals surface area (Å²) in [4.78, 5) is 13.7. The third-order valence-electron chi connectivity index (χ3n) is 1.86. The molecule has 2 rings (SSSR count). The summed E-state index contributed by atoms with van der Waals surface area (Å²) in [7, 11) is 0. The number of phenols is 1. The zero-order valence-electron chi connectivity index (χ0n) is 6.54. The van der Waals surface area contributed by atoms with Gasteiger partial charge >= 0.3 is 0 Å². The van der Waals surface area contributed by atoms with Crippen LogP contribution < -0.4 is 5.56 Å². The Balaban J connectivity index is 3.09. The van der Waals surface area contributed by atoms with Crippen LogP contribution in [0.15, 0.2) is 29.2 Å². The van der Waals surface area contributed by atoms with Crippen LogP contribution >= 0.6 is 11.6 Å². The lowest BCUT2D eigenvalue weighted by atomic mass is 10.1. The third kappa shape index (κ3) is 1.17. The number of aromatic hydroxyl groups is 1. The molecular weight excluding hydrogens is 190 g/mol. The molecule has 0 atom stereocenters. The Labute approximate surface area is 78.6 Å². The fourth-order valence-electron chi connectivity index (χ4n) is 1.26. The first-order valence-corrected chi connectivity index (χ1v) is 4.07. The number of aromatic nitrogens is 1. The summed E-state index contributed by atoms with van der Waals surface area (Å²) in [5, 5.41) is 10.6. The predicted molar refractivity (Wildman–Crippen MR) is 51.2 cm³/mol. The number of fused-ring (bicyclic) bond motifs is 1. The summed E-state index contributed by atoms with van der Waals surface area (Å²) in [5.74, 6) is 0.0219. The number of phenolic OH excluding ortho intramolecular Hbond substituents is 1. The lowest BCUT2D eigenvalue weighted by Gasteiger charge is -2.00. The van der Waals surface area contributed by atoms with Gasteiger partial charge in [-0.05, 0) is 12.1 Å². The van der Waals surface area contributed by atoms with Gasteiger partial charge < -0.3 is 10.1 Å². The van der Waals surface area contributed by atoms with E-state index in [4.69, 9.17) is 11.6 Å². The molecule has 0 bridgehead atoms. The highest BCUT2D eigenvalue weighted by Crippen LogP contribution is 2.27. The van der Waals surface area contributed by atoms with Crippen LogP contribution in [0.4, 0.5) is 0 Å². The number of hydrogen-bond acceptors (Lipinski definition) is 2. The second-order valence-electron chi connectivity index (χ2n) is 2.67. The van der Waals surface area contributed by atoms with Gasteiger partial charge in [-0.3, -0.25) is 4.79 Å². The molecule has 0 radical (unpaired) electrons. The van der Waals surface area contributed by atoms with E-state index < -0.39 is 0 Å². The van der Waals surface area contributed by atoms with Crippen molar-refractivity contribution < 1.29 is 5.11 Å². The maximum absolute atomic E-state index is 11.3. The normalized spacial score (nSPS) is 10.5. The summed E-state index contributed by atoms with van der Waals surface area (Å²) in [6.45, 7) is 0. The largest absolute Gasteiger partial charge is 0.507 e. The number of pyridine rings is 1. The summed E-state index contributed by atoms with van der Waals surface area (Å²) < 4.78 is 0. The van der Waals surface area contributed by atoms with Crippen molar-refractivity contribution in [3.8, 4) is 5.75 Å². The van der Waals surface area contributed by atoms with Crippen LogP contribution in [0.2, 0.25) is 5.02 Å². The molecule has 2 aromatic rings. The van der Waals surface area contributed by atoms with E-state index in [2.05, 4.69) is 4.98 Å². The minimum absolute atomic E-state index is 0.0219. The molecule has 3 nitrogen and oxygen atoms in total. The molecule has 13 heavy (non-hydrogen) atoms. The molecule has 1 aromatic heterocycles. The first-order chi connectivity index (χ1) is 6.20. The second-order valence-corrected chi connectivity index (χ2v) is 3.07. The van der Waals surface area contributed by atoms with E-state index in [1.807, 2.05) is 0 Å². The van der Waals surface area contributed by atoms with E-state index >= 15 is 0 Å². The number of benzene rings is 1. The topological polar surface area (TPSA) is 53.1 Å².